The third kappa shape index (κ3) is 2.65. The molecule has 1 N–H and O–H groups in total. The predicted octanol–water partition coefficient (Wildman–Crippen LogP) is 1.72. The molecule has 0 amide bonds. The van der Waals surface area contributed by atoms with E-state index >= 15 is 0 Å². The first-order valence-corrected chi connectivity index (χ1v) is 7.25. The molecule has 0 radical (unpaired) electrons. The minimum absolute atomic E-state index is 0.284. The highest BCUT2D eigenvalue weighted by molar-refractivity contribution is 7.92. The maximum atomic E-state index is 11.6. The van der Waals surface area contributed by atoms with Crippen LogP contribution < -0.4 is 5.32 Å². The molecule has 16 heavy (non-hydrogen) atoms. The fourth-order valence-corrected chi connectivity index (χ4v) is 3.74. The van der Waals surface area contributed by atoms with Gasteiger partial charge in [0.1, 0.15) is 11.0 Å². The Morgan fingerprint density at radius 3 is 2.94 bits per heavy atom. The Kier molecular flexibility index (Phi) is 3.35. The number of anilines is 1. The highest BCUT2D eigenvalue weighted by atomic mass is 35.5. The van der Waals surface area contributed by atoms with Gasteiger partial charge in [-0.15, -0.1) is 0 Å². The van der Waals surface area contributed by atoms with Crippen LogP contribution in [0.4, 0.5) is 5.82 Å². The summed E-state index contributed by atoms with van der Waals surface area (Å²) in [6, 6.07) is 5.23. The number of nitrogens with one attached hydrogen (secondary N) is 1. The van der Waals surface area contributed by atoms with Crippen molar-refractivity contribution in [2.45, 2.75) is 18.1 Å². The molecule has 4 nitrogen and oxygen atoms in total. The Morgan fingerprint density at radius 2 is 2.31 bits per heavy atom. The molecule has 1 fully saturated rings. The van der Waals surface area contributed by atoms with Gasteiger partial charge in [0.25, 0.3) is 0 Å². The number of pyridine rings is 1. The van der Waals surface area contributed by atoms with Crippen molar-refractivity contribution in [1.82, 2.24) is 4.98 Å². The zero-order valence-electron chi connectivity index (χ0n) is 8.69. The summed E-state index contributed by atoms with van der Waals surface area (Å²) in [5.41, 5.74) is 0. The molecule has 0 bridgehead atoms. The van der Waals surface area contributed by atoms with Crippen molar-refractivity contribution in [3.8, 4) is 0 Å². The Bertz CT molecular complexity index is 475. The van der Waals surface area contributed by atoms with Gasteiger partial charge < -0.3 is 5.32 Å². The second kappa shape index (κ2) is 4.59. The zero-order valence-corrected chi connectivity index (χ0v) is 10.3. The van der Waals surface area contributed by atoms with Crippen LogP contribution in [-0.2, 0) is 9.84 Å². The van der Waals surface area contributed by atoms with Gasteiger partial charge in [0.15, 0.2) is 9.84 Å². The zero-order chi connectivity index (χ0) is 11.6. The van der Waals surface area contributed by atoms with Crippen molar-refractivity contribution in [2.75, 3.05) is 17.6 Å². The van der Waals surface area contributed by atoms with E-state index in [9.17, 15) is 8.42 Å². The van der Waals surface area contributed by atoms with Crippen molar-refractivity contribution in [2.24, 2.45) is 0 Å². The Hall–Kier alpha value is -0.810. The van der Waals surface area contributed by atoms with Gasteiger partial charge in [-0.1, -0.05) is 17.7 Å². The van der Waals surface area contributed by atoms with E-state index in [0.29, 0.717) is 23.3 Å². The van der Waals surface area contributed by atoms with Crippen LogP contribution in [-0.4, -0.2) is 30.9 Å². The molecule has 1 atom stereocenters. The number of sulfone groups is 1. The Balaban J connectivity index is 1.98. The normalized spacial score (nSPS) is 23.2. The number of aromatic nitrogens is 1. The summed E-state index contributed by atoms with van der Waals surface area (Å²) < 4.78 is 23.1. The van der Waals surface area contributed by atoms with Crippen molar-refractivity contribution < 1.29 is 8.42 Å². The summed E-state index contributed by atoms with van der Waals surface area (Å²) in [7, 11) is -2.89. The molecule has 2 rings (SSSR count). The van der Waals surface area contributed by atoms with E-state index in [1.807, 2.05) is 0 Å². The van der Waals surface area contributed by atoms with E-state index < -0.39 is 9.84 Å². The monoisotopic (exact) mass is 260 g/mol. The molecule has 6 heteroatoms. The summed E-state index contributed by atoms with van der Waals surface area (Å²) in [4.78, 5) is 4.04. The molecule has 1 aliphatic rings. The van der Waals surface area contributed by atoms with E-state index in [1.165, 1.54) is 0 Å². The molecule has 1 aromatic rings. The largest absolute Gasteiger partial charge is 0.369 e. The van der Waals surface area contributed by atoms with Crippen LogP contribution in [0.3, 0.4) is 0 Å². The van der Waals surface area contributed by atoms with Gasteiger partial charge in [0, 0.05) is 6.54 Å². The van der Waals surface area contributed by atoms with Gasteiger partial charge in [0.2, 0.25) is 0 Å². The third-order valence-electron chi connectivity index (χ3n) is 2.69. The maximum absolute atomic E-state index is 11.6. The summed E-state index contributed by atoms with van der Waals surface area (Å²) >= 11 is 5.73. The van der Waals surface area contributed by atoms with Crippen molar-refractivity contribution >= 4 is 27.3 Å². The van der Waals surface area contributed by atoms with Gasteiger partial charge in [-0.05, 0) is 25.0 Å². The molecule has 0 aromatic carbocycles. The van der Waals surface area contributed by atoms with Gasteiger partial charge in [-0.25, -0.2) is 13.4 Å². The van der Waals surface area contributed by atoms with E-state index in [2.05, 4.69) is 10.3 Å². The van der Waals surface area contributed by atoms with Crippen LogP contribution >= 0.6 is 11.6 Å². The Labute approximate surface area is 99.9 Å². The summed E-state index contributed by atoms with van der Waals surface area (Å²) in [6.07, 6.45) is 1.49. The second-order valence-electron chi connectivity index (χ2n) is 3.86. The van der Waals surface area contributed by atoms with Crippen LogP contribution in [0.2, 0.25) is 5.15 Å². The number of hydrogen-bond donors (Lipinski definition) is 1. The number of nitrogens with zero attached hydrogens (tertiary/aromatic N) is 1. The average molecular weight is 261 g/mol. The molecule has 1 saturated heterocycles. The van der Waals surface area contributed by atoms with Crippen LogP contribution in [0.25, 0.3) is 0 Å². The van der Waals surface area contributed by atoms with Crippen molar-refractivity contribution in [3.05, 3.63) is 23.4 Å². The highest BCUT2D eigenvalue weighted by Gasteiger charge is 2.30. The smallest absolute Gasteiger partial charge is 0.154 e. The van der Waals surface area contributed by atoms with Crippen LogP contribution in [0.5, 0.6) is 0 Å². The maximum Gasteiger partial charge on any atom is 0.154 e. The van der Waals surface area contributed by atoms with E-state index in [4.69, 9.17) is 11.6 Å². The van der Waals surface area contributed by atoms with Gasteiger partial charge in [-0.3, -0.25) is 0 Å². The molecule has 2 heterocycles. The Morgan fingerprint density at radius 1 is 1.50 bits per heavy atom. The fourth-order valence-electron chi connectivity index (χ4n) is 1.81. The quantitative estimate of drug-likeness (QED) is 0.841. The summed E-state index contributed by atoms with van der Waals surface area (Å²) in [5.74, 6) is 0.928. The molecule has 1 aromatic heterocycles. The standard InChI is InChI=1S/C10H13ClN2O2S/c11-9-4-1-5-10(13-9)12-7-8-3-2-6-16(8,14)15/h1,4-5,8H,2-3,6-7H2,(H,12,13). The lowest BCUT2D eigenvalue weighted by Crippen LogP contribution is -2.25. The highest BCUT2D eigenvalue weighted by Crippen LogP contribution is 2.20. The lowest BCUT2D eigenvalue weighted by molar-refractivity contribution is 0.591. The molecule has 1 unspecified atom stereocenters. The number of rotatable bonds is 3. The van der Waals surface area contributed by atoms with E-state index in [0.717, 1.165) is 12.8 Å². The van der Waals surface area contributed by atoms with E-state index in [-0.39, 0.29) is 5.25 Å². The summed E-state index contributed by atoms with van der Waals surface area (Å²) in [6.45, 7) is 0.412. The molecule has 0 aliphatic carbocycles. The number of hydrogen-bond acceptors (Lipinski definition) is 4. The van der Waals surface area contributed by atoms with Gasteiger partial charge >= 0.3 is 0 Å². The van der Waals surface area contributed by atoms with Crippen molar-refractivity contribution in [3.63, 3.8) is 0 Å². The van der Waals surface area contributed by atoms with Crippen LogP contribution in [0, 0.1) is 0 Å². The minimum Gasteiger partial charge on any atom is -0.369 e. The summed E-state index contributed by atoms with van der Waals surface area (Å²) in [5, 5.41) is 3.13. The molecule has 0 spiro atoms. The first-order valence-electron chi connectivity index (χ1n) is 5.16. The SMILES string of the molecule is O=S1(=O)CCCC1CNc1cccc(Cl)n1. The second-order valence-corrected chi connectivity index (χ2v) is 6.65. The first kappa shape index (κ1) is 11.7. The molecule has 88 valence electrons. The predicted molar refractivity (Wildman–Crippen MR) is 64.5 cm³/mol. The van der Waals surface area contributed by atoms with Crippen molar-refractivity contribution in [1.29, 1.82) is 0 Å². The topological polar surface area (TPSA) is 59.1 Å². The molecular formula is C10H13ClN2O2S. The minimum atomic E-state index is -2.89. The molecule has 0 saturated carbocycles. The van der Waals surface area contributed by atoms with Crippen LogP contribution in [0.1, 0.15) is 12.8 Å². The third-order valence-corrected chi connectivity index (χ3v) is 5.18. The first-order chi connectivity index (χ1) is 7.58. The average Bonchev–Trinajstić information content (AvgIpc) is 2.55. The van der Waals surface area contributed by atoms with Gasteiger partial charge in [-0.2, -0.15) is 0 Å². The molecule has 1 aliphatic heterocycles. The molecular weight excluding hydrogens is 248 g/mol. The number of halogens is 1. The van der Waals surface area contributed by atoms with E-state index in [1.54, 1.807) is 18.2 Å². The van der Waals surface area contributed by atoms with Crippen LogP contribution in [0.15, 0.2) is 18.2 Å². The lowest BCUT2D eigenvalue weighted by Gasteiger charge is -2.11. The van der Waals surface area contributed by atoms with Gasteiger partial charge in [0.05, 0.1) is 11.0 Å². The lowest BCUT2D eigenvalue weighted by atomic mass is 10.2. The fraction of sp³-hybridized carbons (Fsp3) is 0.500.